The third-order valence-electron chi connectivity index (χ3n) is 4.10. The van der Waals surface area contributed by atoms with Gasteiger partial charge in [-0.15, -0.1) is 13.2 Å². The average Bonchev–Trinajstić information content (AvgIpc) is 2.75. The van der Waals surface area contributed by atoms with Crippen LogP contribution in [-0.4, -0.2) is 85.0 Å². The lowest BCUT2D eigenvalue weighted by atomic mass is 10.1. The summed E-state index contributed by atoms with van der Waals surface area (Å²) in [7, 11) is 1.56. The molecule has 7 nitrogen and oxygen atoms in total. The number of hydrogen-bond donors (Lipinski definition) is 3. The Morgan fingerprint density at radius 1 is 1.42 bits per heavy atom. The standard InChI is InChI=1S/C16H28N3O4P/c1-10-18-15(17)11(9-22-2)8-19(10)16-14(21)13(20)12(23-16)6-7-24(3,4)5/h8,12-14,16,20-21H,1,3,6-7,9H2,2,4-5H3,(H2,17,18)/t12-,13-,14-,16-/m1/s1. The van der Waals surface area contributed by atoms with Crippen LogP contribution in [0.2, 0.25) is 0 Å². The molecule has 0 unspecified atom stereocenters. The Morgan fingerprint density at radius 3 is 2.67 bits per heavy atom. The molecule has 24 heavy (non-hydrogen) atoms. The number of aliphatic imine (C=N–C) groups is 1. The first-order valence-electron chi connectivity index (χ1n) is 7.84. The van der Waals surface area contributed by atoms with Crippen LogP contribution in [0.3, 0.4) is 0 Å². The van der Waals surface area contributed by atoms with Gasteiger partial charge in [0, 0.05) is 18.9 Å². The van der Waals surface area contributed by atoms with Crippen LogP contribution in [0.15, 0.2) is 29.2 Å². The summed E-state index contributed by atoms with van der Waals surface area (Å²) in [5.41, 5.74) is 6.53. The van der Waals surface area contributed by atoms with E-state index in [-0.39, 0.29) is 6.61 Å². The second kappa shape index (κ2) is 7.42. The molecule has 0 amide bonds. The normalized spacial score (nSPS) is 31.2. The number of rotatable bonds is 6. The third kappa shape index (κ3) is 4.29. The molecule has 136 valence electrons. The van der Waals surface area contributed by atoms with Crippen LogP contribution < -0.4 is 5.73 Å². The Bertz CT molecular complexity index is 598. The van der Waals surface area contributed by atoms with Gasteiger partial charge in [-0.2, -0.15) is 0 Å². The molecule has 1 saturated heterocycles. The summed E-state index contributed by atoms with van der Waals surface area (Å²) < 4.78 is 11.0. The molecule has 0 aromatic carbocycles. The fraction of sp³-hybridized carbons (Fsp3) is 0.625. The lowest BCUT2D eigenvalue weighted by Crippen LogP contribution is -2.43. The van der Waals surface area contributed by atoms with Gasteiger partial charge in [-0.05, 0) is 25.9 Å². The van der Waals surface area contributed by atoms with Crippen molar-refractivity contribution in [1.82, 2.24) is 4.90 Å². The van der Waals surface area contributed by atoms with Crippen molar-refractivity contribution in [2.75, 3.05) is 33.2 Å². The van der Waals surface area contributed by atoms with Crippen molar-refractivity contribution in [3.63, 3.8) is 0 Å². The Balaban J connectivity index is 2.14. The highest BCUT2D eigenvalue weighted by atomic mass is 31.2. The molecule has 2 rings (SSSR count). The molecule has 0 saturated carbocycles. The average molecular weight is 357 g/mol. The molecule has 0 aliphatic carbocycles. The summed E-state index contributed by atoms with van der Waals surface area (Å²) in [4.78, 5) is 5.78. The maximum Gasteiger partial charge on any atom is 0.164 e. The van der Waals surface area contributed by atoms with E-state index in [4.69, 9.17) is 15.2 Å². The lowest BCUT2D eigenvalue weighted by Gasteiger charge is -2.32. The van der Waals surface area contributed by atoms with Gasteiger partial charge >= 0.3 is 0 Å². The van der Waals surface area contributed by atoms with E-state index in [1.54, 1.807) is 18.2 Å². The molecule has 0 aromatic rings. The molecule has 1 fully saturated rings. The van der Waals surface area contributed by atoms with E-state index in [0.717, 1.165) is 6.16 Å². The van der Waals surface area contributed by atoms with Crippen LogP contribution in [0.25, 0.3) is 0 Å². The number of nitrogens with zero attached hydrogens (tertiary/aromatic N) is 2. The molecule has 2 heterocycles. The number of hydrogen-bond acceptors (Lipinski definition) is 7. The molecule has 8 heteroatoms. The zero-order chi connectivity index (χ0) is 18.1. The van der Waals surface area contributed by atoms with Gasteiger partial charge < -0.3 is 30.3 Å². The van der Waals surface area contributed by atoms with Crippen molar-refractivity contribution >= 4 is 19.0 Å². The number of amidine groups is 1. The fourth-order valence-corrected chi connectivity index (χ4v) is 3.69. The number of aliphatic hydroxyl groups excluding tert-OH is 2. The molecule has 0 radical (unpaired) electrons. The smallest absolute Gasteiger partial charge is 0.164 e. The van der Waals surface area contributed by atoms with Gasteiger partial charge in [-0.3, -0.25) is 0 Å². The van der Waals surface area contributed by atoms with Gasteiger partial charge in [0.1, 0.15) is 23.9 Å². The van der Waals surface area contributed by atoms with Crippen molar-refractivity contribution in [2.45, 2.75) is 31.0 Å². The minimum atomic E-state index is -1.23. The van der Waals surface area contributed by atoms with Crippen LogP contribution in [0, 0.1) is 0 Å². The fourth-order valence-electron chi connectivity index (χ4n) is 2.74. The number of methoxy groups -OCH3 is 1. The van der Waals surface area contributed by atoms with Crippen LogP contribution in [0.1, 0.15) is 6.42 Å². The SMILES string of the molecule is C=C1N=C(N)C(COC)=CN1[C@@H]1O[C@H](CCP(=C)(C)C)[C@@H](O)[C@H]1O. The highest BCUT2D eigenvalue weighted by molar-refractivity contribution is 7.72. The van der Waals surface area contributed by atoms with Crippen LogP contribution in [-0.2, 0) is 9.47 Å². The Kier molecular flexibility index (Phi) is 5.94. The zero-order valence-corrected chi connectivity index (χ0v) is 15.4. The molecule has 2 aliphatic heterocycles. The summed E-state index contributed by atoms with van der Waals surface area (Å²) in [5.74, 6) is 0.681. The van der Waals surface area contributed by atoms with Gasteiger partial charge in [-0.25, -0.2) is 4.99 Å². The predicted octanol–water partition coefficient (Wildman–Crippen LogP) is 0.207. The van der Waals surface area contributed by atoms with Crippen LogP contribution in [0.4, 0.5) is 0 Å². The molecule has 4 N–H and O–H groups in total. The maximum atomic E-state index is 10.4. The Morgan fingerprint density at radius 2 is 2.08 bits per heavy atom. The van der Waals surface area contributed by atoms with Crippen molar-refractivity contribution in [2.24, 2.45) is 10.7 Å². The molecule has 0 aromatic heterocycles. The van der Waals surface area contributed by atoms with Crippen molar-refractivity contribution in [3.05, 3.63) is 24.2 Å². The molecular weight excluding hydrogens is 329 g/mol. The minimum Gasteiger partial charge on any atom is -0.388 e. The lowest BCUT2D eigenvalue weighted by molar-refractivity contribution is -0.0582. The number of ether oxygens (including phenoxy) is 2. The van der Waals surface area contributed by atoms with Crippen molar-refractivity contribution in [3.8, 4) is 0 Å². The topological polar surface area (TPSA) is 101 Å². The van der Waals surface area contributed by atoms with Crippen molar-refractivity contribution < 1.29 is 19.7 Å². The second-order valence-corrected chi connectivity index (χ2v) is 11.2. The van der Waals surface area contributed by atoms with Gasteiger partial charge in [0.25, 0.3) is 0 Å². The van der Waals surface area contributed by atoms with E-state index in [1.807, 2.05) is 0 Å². The summed E-state index contributed by atoms with van der Waals surface area (Å²) in [5, 5.41) is 20.7. The van der Waals surface area contributed by atoms with E-state index in [2.05, 4.69) is 31.2 Å². The molecule has 4 atom stereocenters. The Labute approximate surface area is 143 Å². The second-order valence-electron chi connectivity index (χ2n) is 6.90. The van der Waals surface area contributed by atoms with Crippen LogP contribution >= 0.6 is 6.89 Å². The van der Waals surface area contributed by atoms with Gasteiger partial charge in [-0.1, -0.05) is 6.58 Å². The molecule has 2 aliphatic rings. The summed E-state index contributed by atoms with van der Waals surface area (Å²) in [6.07, 6.45) is 4.18. The van der Waals surface area contributed by atoms with E-state index in [0.29, 0.717) is 23.7 Å². The summed E-state index contributed by atoms with van der Waals surface area (Å²) >= 11 is 0. The van der Waals surface area contributed by atoms with Crippen LogP contribution in [0.5, 0.6) is 0 Å². The van der Waals surface area contributed by atoms with E-state index >= 15 is 0 Å². The van der Waals surface area contributed by atoms with Gasteiger partial charge in [0.15, 0.2) is 6.23 Å². The number of nitrogens with two attached hydrogens (primary N) is 1. The molecular formula is C16H28N3O4P. The first kappa shape index (κ1) is 19.2. The number of aliphatic hydroxyl groups is 2. The summed E-state index contributed by atoms with van der Waals surface area (Å²) in [6, 6.07) is 0. The van der Waals surface area contributed by atoms with E-state index in [1.165, 1.54) is 0 Å². The van der Waals surface area contributed by atoms with E-state index < -0.39 is 31.4 Å². The van der Waals surface area contributed by atoms with E-state index in [9.17, 15) is 10.2 Å². The third-order valence-corrected chi connectivity index (χ3v) is 5.57. The first-order valence-corrected chi connectivity index (χ1v) is 10.9. The first-order chi connectivity index (χ1) is 11.1. The molecule has 0 bridgehead atoms. The minimum absolute atomic E-state index is 0.286. The summed E-state index contributed by atoms with van der Waals surface area (Å²) in [6.45, 7) is 7.17. The molecule has 0 spiro atoms. The Hall–Kier alpha value is -1.11. The van der Waals surface area contributed by atoms with Gasteiger partial charge in [0.05, 0.1) is 12.7 Å². The predicted molar refractivity (Wildman–Crippen MR) is 98.6 cm³/mol. The highest BCUT2D eigenvalue weighted by Gasteiger charge is 2.45. The maximum absolute atomic E-state index is 10.4. The monoisotopic (exact) mass is 357 g/mol. The highest BCUT2D eigenvalue weighted by Crippen LogP contribution is 2.38. The largest absolute Gasteiger partial charge is 0.388 e. The van der Waals surface area contributed by atoms with Crippen molar-refractivity contribution in [1.29, 1.82) is 0 Å². The quantitative estimate of drug-likeness (QED) is 0.588. The van der Waals surface area contributed by atoms with Gasteiger partial charge in [0.2, 0.25) is 0 Å². The zero-order valence-electron chi connectivity index (χ0n) is 14.6.